The average molecular weight is 323 g/mol. The van der Waals surface area contributed by atoms with Crippen LogP contribution in [-0.2, 0) is 16.0 Å². The molecule has 0 atom stereocenters. The van der Waals surface area contributed by atoms with Gasteiger partial charge >= 0.3 is 5.97 Å². The van der Waals surface area contributed by atoms with Crippen molar-refractivity contribution < 1.29 is 14.3 Å². The average Bonchev–Trinajstić information content (AvgIpc) is 3.05. The number of carbonyl (C=O) groups excluding carboxylic acids is 2. The molecule has 0 spiro atoms. The SMILES string of the molecule is CCC(=O)N1CCc2cc(-c3ccc(C(=O)OC)cc3)cc(C)c21. The van der Waals surface area contributed by atoms with Crippen molar-refractivity contribution in [3.05, 3.63) is 53.1 Å². The minimum atomic E-state index is -0.333. The first-order chi connectivity index (χ1) is 11.5. The molecule has 0 unspecified atom stereocenters. The Labute approximate surface area is 142 Å². The van der Waals surface area contributed by atoms with Gasteiger partial charge in [0, 0.05) is 18.7 Å². The van der Waals surface area contributed by atoms with Crippen LogP contribution >= 0.6 is 0 Å². The second-order valence-corrected chi connectivity index (χ2v) is 6.02. The van der Waals surface area contributed by atoms with Crippen molar-refractivity contribution in [2.45, 2.75) is 26.7 Å². The first-order valence-corrected chi connectivity index (χ1v) is 8.17. The molecule has 1 heterocycles. The fraction of sp³-hybridized carbons (Fsp3) is 0.300. The molecule has 0 fully saturated rings. The summed E-state index contributed by atoms with van der Waals surface area (Å²) < 4.78 is 4.73. The van der Waals surface area contributed by atoms with E-state index < -0.39 is 0 Å². The van der Waals surface area contributed by atoms with Gasteiger partial charge in [-0.1, -0.05) is 19.1 Å². The summed E-state index contributed by atoms with van der Waals surface area (Å²) in [5.74, 6) is -0.160. The van der Waals surface area contributed by atoms with Gasteiger partial charge in [0.25, 0.3) is 0 Å². The Balaban J connectivity index is 1.96. The zero-order chi connectivity index (χ0) is 17.3. The van der Waals surface area contributed by atoms with Crippen LogP contribution in [0.2, 0.25) is 0 Å². The summed E-state index contributed by atoms with van der Waals surface area (Å²) in [6.45, 7) is 4.70. The van der Waals surface area contributed by atoms with Crippen LogP contribution in [0.25, 0.3) is 11.1 Å². The van der Waals surface area contributed by atoms with Crippen LogP contribution in [0.3, 0.4) is 0 Å². The van der Waals surface area contributed by atoms with Gasteiger partial charge in [-0.15, -0.1) is 0 Å². The van der Waals surface area contributed by atoms with Gasteiger partial charge in [-0.25, -0.2) is 4.79 Å². The number of rotatable bonds is 3. The lowest BCUT2D eigenvalue weighted by atomic mass is 9.97. The van der Waals surface area contributed by atoms with Crippen molar-refractivity contribution in [3.8, 4) is 11.1 Å². The molecule has 0 aliphatic carbocycles. The summed E-state index contributed by atoms with van der Waals surface area (Å²) in [6, 6.07) is 11.7. The maximum atomic E-state index is 12.1. The number of hydrogen-bond acceptors (Lipinski definition) is 3. The molecule has 24 heavy (non-hydrogen) atoms. The van der Waals surface area contributed by atoms with E-state index >= 15 is 0 Å². The maximum Gasteiger partial charge on any atom is 0.337 e. The minimum Gasteiger partial charge on any atom is -0.465 e. The number of nitrogens with zero attached hydrogens (tertiary/aromatic N) is 1. The lowest BCUT2D eigenvalue weighted by Gasteiger charge is -2.19. The van der Waals surface area contributed by atoms with Crippen molar-refractivity contribution in [1.29, 1.82) is 0 Å². The van der Waals surface area contributed by atoms with Crippen molar-refractivity contribution in [3.63, 3.8) is 0 Å². The molecule has 0 radical (unpaired) electrons. The molecule has 124 valence electrons. The van der Waals surface area contributed by atoms with Gasteiger partial charge in [-0.2, -0.15) is 0 Å². The van der Waals surface area contributed by atoms with Gasteiger partial charge in [-0.3, -0.25) is 4.79 Å². The molecule has 1 aliphatic rings. The predicted octanol–water partition coefficient (Wildman–Crippen LogP) is 3.75. The Morgan fingerprint density at radius 3 is 2.46 bits per heavy atom. The summed E-state index contributed by atoms with van der Waals surface area (Å²) >= 11 is 0. The fourth-order valence-electron chi connectivity index (χ4n) is 3.30. The molecule has 0 N–H and O–H groups in total. The molecular formula is C20H21NO3. The van der Waals surface area contributed by atoms with Gasteiger partial charge in [0.15, 0.2) is 0 Å². The number of fused-ring (bicyclic) bond motifs is 1. The Morgan fingerprint density at radius 2 is 1.83 bits per heavy atom. The summed E-state index contributed by atoms with van der Waals surface area (Å²) in [4.78, 5) is 25.5. The van der Waals surface area contributed by atoms with Gasteiger partial charge < -0.3 is 9.64 Å². The quantitative estimate of drug-likeness (QED) is 0.808. The molecule has 1 amide bonds. The number of amides is 1. The minimum absolute atomic E-state index is 0.173. The molecule has 1 aliphatic heterocycles. The lowest BCUT2D eigenvalue weighted by molar-refractivity contribution is -0.118. The number of benzene rings is 2. The number of anilines is 1. The van der Waals surface area contributed by atoms with Gasteiger partial charge in [0.1, 0.15) is 0 Å². The molecule has 2 aromatic rings. The van der Waals surface area contributed by atoms with E-state index in [4.69, 9.17) is 4.74 Å². The standard InChI is InChI=1S/C20H21NO3/c1-4-18(22)21-10-9-16-12-17(11-13(2)19(16)21)14-5-7-15(8-6-14)20(23)24-3/h5-8,11-12H,4,9-10H2,1-3H3. The predicted molar refractivity (Wildman–Crippen MR) is 94.3 cm³/mol. The van der Waals surface area contributed by atoms with Crippen LogP contribution < -0.4 is 4.90 Å². The highest BCUT2D eigenvalue weighted by molar-refractivity contribution is 5.97. The van der Waals surface area contributed by atoms with Crippen LogP contribution in [0, 0.1) is 6.92 Å². The first kappa shape index (κ1) is 16.2. The van der Waals surface area contributed by atoms with E-state index in [0.29, 0.717) is 12.0 Å². The van der Waals surface area contributed by atoms with E-state index in [1.54, 1.807) is 12.1 Å². The first-order valence-electron chi connectivity index (χ1n) is 8.17. The zero-order valence-corrected chi connectivity index (χ0v) is 14.3. The van der Waals surface area contributed by atoms with Gasteiger partial charge in [0.05, 0.1) is 12.7 Å². The van der Waals surface area contributed by atoms with E-state index in [0.717, 1.165) is 35.3 Å². The Hall–Kier alpha value is -2.62. The topological polar surface area (TPSA) is 46.6 Å². The number of ether oxygens (including phenoxy) is 1. The van der Waals surface area contributed by atoms with Gasteiger partial charge in [0.2, 0.25) is 5.91 Å². The van der Waals surface area contributed by atoms with Gasteiger partial charge in [-0.05, 0) is 59.9 Å². The maximum absolute atomic E-state index is 12.1. The number of methoxy groups -OCH3 is 1. The molecule has 4 nitrogen and oxygen atoms in total. The number of carbonyl (C=O) groups is 2. The highest BCUT2D eigenvalue weighted by Gasteiger charge is 2.25. The van der Waals surface area contributed by atoms with E-state index in [1.807, 2.05) is 30.9 Å². The fourth-order valence-corrected chi connectivity index (χ4v) is 3.30. The number of esters is 1. The van der Waals surface area contributed by atoms with Crippen molar-refractivity contribution >= 4 is 17.6 Å². The third-order valence-electron chi connectivity index (χ3n) is 4.50. The highest BCUT2D eigenvalue weighted by atomic mass is 16.5. The molecule has 4 heteroatoms. The summed E-state index contributed by atoms with van der Waals surface area (Å²) in [5.41, 5.74) is 6.08. The van der Waals surface area contributed by atoms with E-state index in [1.165, 1.54) is 12.7 Å². The monoisotopic (exact) mass is 323 g/mol. The van der Waals surface area contributed by atoms with E-state index in [9.17, 15) is 9.59 Å². The number of hydrogen-bond donors (Lipinski definition) is 0. The third-order valence-corrected chi connectivity index (χ3v) is 4.50. The summed E-state index contributed by atoms with van der Waals surface area (Å²) in [7, 11) is 1.38. The van der Waals surface area contributed by atoms with Crippen LogP contribution in [0.5, 0.6) is 0 Å². The van der Waals surface area contributed by atoms with E-state index in [-0.39, 0.29) is 11.9 Å². The molecule has 3 rings (SSSR count). The second-order valence-electron chi connectivity index (χ2n) is 6.02. The van der Waals surface area contributed by atoms with Crippen molar-refractivity contribution in [2.24, 2.45) is 0 Å². The van der Waals surface area contributed by atoms with Crippen molar-refractivity contribution in [1.82, 2.24) is 0 Å². The Bertz CT molecular complexity index is 793. The third kappa shape index (κ3) is 2.80. The van der Waals surface area contributed by atoms with E-state index in [2.05, 4.69) is 12.1 Å². The molecule has 0 aromatic heterocycles. The Kier molecular flexibility index (Phi) is 4.38. The molecule has 0 saturated carbocycles. The smallest absolute Gasteiger partial charge is 0.337 e. The molecule has 0 bridgehead atoms. The highest BCUT2D eigenvalue weighted by Crippen LogP contribution is 2.36. The largest absolute Gasteiger partial charge is 0.465 e. The van der Waals surface area contributed by atoms with Crippen LogP contribution in [0.15, 0.2) is 36.4 Å². The second kappa shape index (κ2) is 6.48. The van der Waals surface area contributed by atoms with Crippen molar-refractivity contribution in [2.75, 3.05) is 18.6 Å². The summed E-state index contributed by atoms with van der Waals surface area (Å²) in [6.07, 6.45) is 1.41. The van der Waals surface area contributed by atoms with Crippen LogP contribution in [0.1, 0.15) is 34.8 Å². The zero-order valence-electron chi connectivity index (χ0n) is 14.3. The van der Waals surface area contributed by atoms with Crippen LogP contribution in [0.4, 0.5) is 5.69 Å². The lowest BCUT2D eigenvalue weighted by Crippen LogP contribution is -2.28. The van der Waals surface area contributed by atoms with Crippen LogP contribution in [-0.4, -0.2) is 25.5 Å². The number of aryl methyl sites for hydroxylation is 1. The molecule has 2 aromatic carbocycles. The normalized spacial score (nSPS) is 12.9. The Morgan fingerprint density at radius 1 is 1.12 bits per heavy atom. The summed E-state index contributed by atoms with van der Waals surface area (Å²) in [5, 5.41) is 0. The molecular weight excluding hydrogens is 302 g/mol. The molecule has 0 saturated heterocycles.